The Balaban J connectivity index is 1.73. The second-order valence-corrected chi connectivity index (χ2v) is 5.22. The van der Waals surface area contributed by atoms with Crippen LogP contribution in [0.25, 0.3) is 0 Å². The Hall–Kier alpha value is -2.97. The Bertz CT molecular complexity index is 713. The maximum atomic E-state index is 12.2. The van der Waals surface area contributed by atoms with Crippen molar-refractivity contribution >= 4 is 29.1 Å². The monoisotopic (exact) mass is 301 g/mol. The molecule has 0 saturated heterocycles. The van der Waals surface area contributed by atoms with E-state index in [1.165, 1.54) is 12.7 Å². The van der Waals surface area contributed by atoms with Crippen molar-refractivity contribution in [3.8, 4) is 0 Å². The standard InChI is InChI=1S/C13H16N8O/c14-10(9-11(15)17-5-18-12(9)16)13(22)19-8-4-7(20-21-8)6-2-1-3-6/h4-6,14H,1-3H2,(H4,15,16,17,18)(H2,19,20,21,22)/p+1. The van der Waals surface area contributed by atoms with E-state index in [-0.39, 0.29) is 22.9 Å². The number of H-pyrrole nitrogens is 1. The van der Waals surface area contributed by atoms with E-state index in [1.54, 1.807) is 0 Å². The predicted octanol–water partition coefficient (Wildman–Crippen LogP) is -1.18. The van der Waals surface area contributed by atoms with E-state index < -0.39 is 5.91 Å². The molecule has 22 heavy (non-hydrogen) atoms. The highest BCUT2D eigenvalue weighted by Gasteiger charge is 2.26. The van der Waals surface area contributed by atoms with Gasteiger partial charge in [0, 0.05) is 17.7 Å². The predicted molar refractivity (Wildman–Crippen MR) is 80.7 cm³/mol. The molecule has 2 aromatic rings. The number of aromatic amines is 1. The summed E-state index contributed by atoms with van der Waals surface area (Å²) < 4.78 is 0. The lowest BCUT2D eigenvalue weighted by Gasteiger charge is -2.23. The molecular weight excluding hydrogens is 284 g/mol. The SMILES string of the molecule is Nc1ncnc(N)c1C(=[NH2+])C(=O)Nc1cc(C2CCC2)[nH]n1. The van der Waals surface area contributed by atoms with E-state index in [9.17, 15) is 4.79 Å². The third-order valence-corrected chi connectivity index (χ3v) is 3.80. The molecule has 0 aliphatic heterocycles. The number of nitrogen functional groups attached to an aromatic ring is 2. The number of nitrogens with one attached hydrogen (secondary N) is 2. The summed E-state index contributed by atoms with van der Waals surface area (Å²) in [5, 5.41) is 15.4. The largest absolute Gasteiger partial charge is 0.383 e. The third kappa shape index (κ3) is 2.48. The molecule has 0 radical (unpaired) electrons. The minimum absolute atomic E-state index is 0.0531. The van der Waals surface area contributed by atoms with Gasteiger partial charge < -0.3 is 11.5 Å². The molecule has 1 aliphatic carbocycles. The van der Waals surface area contributed by atoms with Crippen molar-refractivity contribution in [3.05, 3.63) is 23.7 Å². The lowest BCUT2D eigenvalue weighted by Crippen LogP contribution is -2.48. The second-order valence-electron chi connectivity index (χ2n) is 5.22. The van der Waals surface area contributed by atoms with Crippen LogP contribution in [0.15, 0.2) is 12.4 Å². The quantitative estimate of drug-likeness (QED) is 0.446. The zero-order valence-electron chi connectivity index (χ0n) is 11.8. The van der Waals surface area contributed by atoms with Gasteiger partial charge in [-0.2, -0.15) is 5.10 Å². The Kier molecular flexibility index (Phi) is 3.45. The van der Waals surface area contributed by atoms with E-state index in [2.05, 4.69) is 25.5 Å². The van der Waals surface area contributed by atoms with Crippen LogP contribution >= 0.6 is 0 Å². The minimum Gasteiger partial charge on any atom is -0.383 e. The summed E-state index contributed by atoms with van der Waals surface area (Å²) in [7, 11) is 0. The fourth-order valence-electron chi connectivity index (χ4n) is 2.32. The first-order chi connectivity index (χ1) is 10.6. The van der Waals surface area contributed by atoms with Gasteiger partial charge >= 0.3 is 5.91 Å². The zero-order valence-corrected chi connectivity index (χ0v) is 11.8. The molecular formula is C13H17N8O+. The molecule has 0 unspecified atom stereocenters. The highest BCUT2D eigenvalue weighted by atomic mass is 16.1. The lowest BCUT2D eigenvalue weighted by atomic mass is 9.83. The van der Waals surface area contributed by atoms with E-state index in [0.29, 0.717) is 11.7 Å². The van der Waals surface area contributed by atoms with E-state index in [0.717, 1.165) is 18.5 Å². The molecule has 0 atom stereocenters. The van der Waals surface area contributed by atoms with Crippen LogP contribution in [0.4, 0.5) is 17.5 Å². The van der Waals surface area contributed by atoms with Crippen molar-refractivity contribution < 1.29 is 10.2 Å². The normalized spacial score (nSPS) is 14.4. The topological polar surface area (TPSA) is 161 Å². The molecule has 114 valence electrons. The van der Waals surface area contributed by atoms with Gasteiger partial charge in [-0.3, -0.25) is 15.2 Å². The van der Waals surface area contributed by atoms with Gasteiger partial charge in [-0.15, -0.1) is 0 Å². The Labute approximate surface area is 126 Å². The molecule has 1 fully saturated rings. The summed E-state index contributed by atoms with van der Waals surface area (Å²) >= 11 is 0. The first-order valence-electron chi connectivity index (χ1n) is 6.91. The number of hydrogen-bond acceptors (Lipinski definition) is 6. The van der Waals surface area contributed by atoms with Crippen LogP contribution in [-0.4, -0.2) is 31.8 Å². The van der Waals surface area contributed by atoms with Gasteiger partial charge in [0.1, 0.15) is 23.5 Å². The first kappa shape index (κ1) is 14.0. The smallest absolute Gasteiger partial charge is 0.321 e. The number of aromatic nitrogens is 4. The highest BCUT2D eigenvalue weighted by molar-refractivity contribution is 6.48. The number of hydrogen-bond donors (Lipinski definition) is 5. The van der Waals surface area contributed by atoms with Gasteiger partial charge in [0.05, 0.1) is 0 Å². The molecule has 0 spiro atoms. The summed E-state index contributed by atoms with van der Waals surface area (Å²) in [6, 6.07) is 1.81. The molecule has 1 amide bonds. The Morgan fingerprint density at radius 2 is 2.00 bits per heavy atom. The molecule has 9 nitrogen and oxygen atoms in total. The fourth-order valence-corrected chi connectivity index (χ4v) is 2.32. The number of nitrogens with two attached hydrogens (primary N) is 3. The van der Waals surface area contributed by atoms with Crippen molar-refractivity contribution in [1.82, 2.24) is 20.2 Å². The third-order valence-electron chi connectivity index (χ3n) is 3.80. The molecule has 0 aromatic carbocycles. The van der Waals surface area contributed by atoms with Crippen LogP contribution in [0.5, 0.6) is 0 Å². The Morgan fingerprint density at radius 3 is 2.59 bits per heavy atom. The van der Waals surface area contributed by atoms with Crippen molar-refractivity contribution in [1.29, 1.82) is 0 Å². The molecule has 9 heteroatoms. The van der Waals surface area contributed by atoms with Crippen molar-refractivity contribution in [2.75, 3.05) is 16.8 Å². The van der Waals surface area contributed by atoms with Crippen molar-refractivity contribution in [2.45, 2.75) is 25.2 Å². The number of rotatable bonds is 4. The van der Waals surface area contributed by atoms with E-state index in [1.807, 2.05) is 6.07 Å². The number of anilines is 3. The van der Waals surface area contributed by atoms with Crippen LogP contribution in [0.2, 0.25) is 0 Å². The average Bonchev–Trinajstić information content (AvgIpc) is 2.84. The first-order valence-corrected chi connectivity index (χ1v) is 6.91. The van der Waals surface area contributed by atoms with Crippen LogP contribution < -0.4 is 22.2 Å². The fraction of sp³-hybridized carbons (Fsp3) is 0.308. The zero-order chi connectivity index (χ0) is 15.7. The summed E-state index contributed by atoms with van der Waals surface area (Å²) in [5.74, 6) is 0.451. The van der Waals surface area contributed by atoms with Gasteiger partial charge in [-0.05, 0) is 12.8 Å². The van der Waals surface area contributed by atoms with Crippen LogP contribution in [0.1, 0.15) is 36.4 Å². The Morgan fingerprint density at radius 1 is 1.32 bits per heavy atom. The second kappa shape index (κ2) is 5.43. The summed E-state index contributed by atoms with van der Waals surface area (Å²) in [4.78, 5) is 19.7. The van der Waals surface area contributed by atoms with Gasteiger partial charge in [0.2, 0.25) is 0 Å². The summed E-state index contributed by atoms with van der Waals surface area (Å²) in [5.41, 5.74) is 12.4. The lowest BCUT2D eigenvalue weighted by molar-refractivity contribution is -0.132. The van der Waals surface area contributed by atoms with Gasteiger partial charge in [0.25, 0.3) is 5.71 Å². The maximum absolute atomic E-state index is 12.2. The number of amides is 1. The van der Waals surface area contributed by atoms with Crippen molar-refractivity contribution in [2.24, 2.45) is 0 Å². The number of nitrogens with zero attached hydrogens (tertiary/aromatic N) is 3. The molecule has 2 heterocycles. The van der Waals surface area contributed by atoms with Gasteiger partial charge in [-0.25, -0.2) is 15.4 Å². The maximum Gasteiger partial charge on any atom is 0.321 e. The molecule has 1 saturated carbocycles. The summed E-state index contributed by atoms with van der Waals surface area (Å²) in [6.45, 7) is 0. The van der Waals surface area contributed by atoms with E-state index in [4.69, 9.17) is 16.9 Å². The average molecular weight is 301 g/mol. The van der Waals surface area contributed by atoms with Gasteiger partial charge in [0.15, 0.2) is 5.82 Å². The van der Waals surface area contributed by atoms with Crippen LogP contribution in [0.3, 0.4) is 0 Å². The molecule has 3 rings (SSSR count). The number of carbonyl (C=O) groups is 1. The molecule has 8 N–H and O–H groups in total. The minimum atomic E-state index is -0.556. The number of carbonyl (C=O) groups excluding carboxylic acids is 1. The van der Waals surface area contributed by atoms with E-state index >= 15 is 0 Å². The highest BCUT2D eigenvalue weighted by Crippen LogP contribution is 2.35. The van der Waals surface area contributed by atoms with Gasteiger partial charge in [-0.1, -0.05) is 6.42 Å². The molecule has 2 aromatic heterocycles. The molecule has 0 bridgehead atoms. The van der Waals surface area contributed by atoms with Crippen molar-refractivity contribution in [3.63, 3.8) is 0 Å². The van der Waals surface area contributed by atoms with Crippen LogP contribution in [0, 0.1) is 0 Å². The summed E-state index contributed by atoms with van der Waals surface area (Å²) in [6.07, 6.45) is 4.70. The molecule has 1 aliphatic rings. The van der Waals surface area contributed by atoms with Crippen LogP contribution in [-0.2, 0) is 4.79 Å².